The Morgan fingerprint density at radius 1 is 1.25 bits per heavy atom. The van der Waals surface area contributed by atoms with Crippen molar-refractivity contribution in [3.63, 3.8) is 0 Å². The summed E-state index contributed by atoms with van der Waals surface area (Å²) >= 11 is 6.03. The Bertz CT molecular complexity index is 532. The maximum absolute atomic E-state index is 12.5. The van der Waals surface area contributed by atoms with Crippen LogP contribution in [0.1, 0.15) is 12.5 Å². The van der Waals surface area contributed by atoms with Gasteiger partial charge in [0.1, 0.15) is 0 Å². The average Bonchev–Trinajstić information content (AvgIpc) is 2.45. The molecule has 4 nitrogen and oxygen atoms in total. The smallest absolute Gasteiger partial charge is 0.225 e. The molecule has 2 heterocycles. The molecule has 2 aliphatic heterocycles. The first-order valence-electron chi connectivity index (χ1n) is 8.10. The molecule has 0 radical (unpaired) electrons. The highest BCUT2D eigenvalue weighted by Gasteiger charge is 2.32. The third-order valence-corrected chi connectivity index (χ3v) is 5.12. The van der Waals surface area contributed by atoms with Crippen LogP contribution in [0.25, 0.3) is 0 Å². The Balaban J connectivity index is 0.00000144. The molecule has 1 atom stereocenters. The number of carbonyl (C=O) groups is 1. The van der Waals surface area contributed by atoms with Crippen LogP contribution < -0.4 is 5.32 Å². The van der Waals surface area contributed by atoms with Crippen LogP contribution in [-0.2, 0) is 11.3 Å². The van der Waals surface area contributed by atoms with Crippen molar-refractivity contribution in [2.24, 2.45) is 11.8 Å². The molecule has 0 aromatic heterocycles. The number of hydrogen-bond acceptors (Lipinski definition) is 3. The van der Waals surface area contributed by atoms with Gasteiger partial charge in [0.25, 0.3) is 0 Å². The zero-order valence-electron chi connectivity index (χ0n) is 13.9. The van der Waals surface area contributed by atoms with Crippen LogP contribution in [0.2, 0.25) is 5.02 Å². The number of amides is 1. The Labute approximate surface area is 161 Å². The number of carbonyl (C=O) groups excluding carboxylic acids is 1. The summed E-state index contributed by atoms with van der Waals surface area (Å²) in [7, 11) is 0. The van der Waals surface area contributed by atoms with Crippen LogP contribution in [0.15, 0.2) is 24.3 Å². The summed E-state index contributed by atoms with van der Waals surface area (Å²) in [6.07, 6.45) is 0. The molecule has 3 rings (SSSR count). The first-order valence-corrected chi connectivity index (χ1v) is 8.47. The average molecular weight is 395 g/mol. The first-order chi connectivity index (χ1) is 10.6. The van der Waals surface area contributed by atoms with Crippen LogP contribution in [0, 0.1) is 11.8 Å². The van der Waals surface area contributed by atoms with Crippen LogP contribution in [-0.4, -0.2) is 55.0 Å². The molecule has 2 saturated heterocycles. The molecule has 1 amide bonds. The summed E-state index contributed by atoms with van der Waals surface area (Å²) in [5, 5.41) is 4.04. The van der Waals surface area contributed by atoms with Gasteiger partial charge in [-0.15, -0.1) is 24.8 Å². The number of benzene rings is 1. The second kappa shape index (κ2) is 9.83. The molecular formula is C17H26Cl3N3O. The Hall–Kier alpha value is -0.520. The monoisotopic (exact) mass is 393 g/mol. The SMILES string of the molecule is CC(C(=O)N1CCN(Cc2cccc(Cl)c2)CC1)C1CNC1.Cl.Cl. The minimum absolute atomic E-state index is 0. The minimum atomic E-state index is 0. The molecule has 0 spiro atoms. The predicted molar refractivity (Wildman–Crippen MR) is 103 cm³/mol. The van der Waals surface area contributed by atoms with Crippen molar-refractivity contribution in [2.75, 3.05) is 39.3 Å². The molecule has 0 saturated carbocycles. The van der Waals surface area contributed by atoms with Gasteiger partial charge in [0.2, 0.25) is 5.91 Å². The number of rotatable bonds is 4. The topological polar surface area (TPSA) is 35.6 Å². The van der Waals surface area contributed by atoms with Crippen molar-refractivity contribution in [1.82, 2.24) is 15.1 Å². The molecule has 7 heteroatoms. The molecular weight excluding hydrogens is 369 g/mol. The van der Waals surface area contributed by atoms with E-state index in [4.69, 9.17) is 11.6 Å². The molecule has 1 aromatic carbocycles. The van der Waals surface area contributed by atoms with Crippen LogP contribution in [0.5, 0.6) is 0 Å². The van der Waals surface area contributed by atoms with Gasteiger partial charge >= 0.3 is 0 Å². The van der Waals surface area contributed by atoms with Crippen molar-refractivity contribution in [3.05, 3.63) is 34.9 Å². The molecule has 2 aliphatic rings. The van der Waals surface area contributed by atoms with E-state index < -0.39 is 0 Å². The fourth-order valence-electron chi connectivity index (χ4n) is 3.17. The largest absolute Gasteiger partial charge is 0.340 e. The van der Waals surface area contributed by atoms with Crippen LogP contribution >= 0.6 is 36.4 Å². The quantitative estimate of drug-likeness (QED) is 0.853. The third-order valence-electron chi connectivity index (χ3n) is 4.89. The number of halogens is 3. The standard InChI is InChI=1S/C17H24ClN3O.2ClH/c1-13(15-10-19-11-15)17(22)21-7-5-20(6-8-21)12-14-3-2-4-16(18)9-14;;/h2-4,9,13,15,19H,5-8,10-12H2,1H3;2*1H. The van der Waals surface area contributed by atoms with E-state index in [1.165, 1.54) is 5.56 Å². The zero-order valence-corrected chi connectivity index (χ0v) is 16.3. The number of nitrogens with zero attached hydrogens (tertiary/aromatic N) is 2. The first kappa shape index (κ1) is 21.5. The summed E-state index contributed by atoms with van der Waals surface area (Å²) in [4.78, 5) is 16.9. The van der Waals surface area contributed by atoms with E-state index in [1.807, 2.05) is 23.1 Å². The molecule has 1 N–H and O–H groups in total. The normalized spacial score (nSPS) is 19.7. The van der Waals surface area contributed by atoms with E-state index in [1.54, 1.807) is 0 Å². The van der Waals surface area contributed by atoms with Crippen molar-refractivity contribution < 1.29 is 4.79 Å². The van der Waals surface area contributed by atoms with Crippen LogP contribution in [0.3, 0.4) is 0 Å². The fourth-order valence-corrected chi connectivity index (χ4v) is 3.39. The molecule has 1 unspecified atom stereocenters. The van der Waals surface area contributed by atoms with E-state index in [0.29, 0.717) is 11.8 Å². The number of piperazine rings is 1. The highest BCUT2D eigenvalue weighted by atomic mass is 35.5. The van der Waals surface area contributed by atoms with Gasteiger partial charge in [0.05, 0.1) is 0 Å². The molecule has 0 aliphatic carbocycles. The molecule has 0 bridgehead atoms. The van der Waals surface area contributed by atoms with Gasteiger partial charge < -0.3 is 10.2 Å². The highest BCUT2D eigenvalue weighted by molar-refractivity contribution is 6.30. The summed E-state index contributed by atoms with van der Waals surface area (Å²) in [6, 6.07) is 8.02. The lowest BCUT2D eigenvalue weighted by Gasteiger charge is -2.39. The minimum Gasteiger partial charge on any atom is -0.340 e. The third kappa shape index (κ3) is 5.24. The Kier molecular flexibility index (Phi) is 8.82. The lowest BCUT2D eigenvalue weighted by molar-refractivity contribution is -0.139. The summed E-state index contributed by atoms with van der Waals surface area (Å²) < 4.78 is 0. The van der Waals surface area contributed by atoms with Crippen molar-refractivity contribution >= 4 is 42.3 Å². The maximum Gasteiger partial charge on any atom is 0.225 e. The summed E-state index contributed by atoms with van der Waals surface area (Å²) in [5.41, 5.74) is 1.24. The predicted octanol–water partition coefficient (Wildman–Crippen LogP) is 2.68. The lowest BCUT2D eigenvalue weighted by Crippen LogP contribution is -2.54. The van der Waals surface area contributed by atoms with Crippen molar-refractivity contribution in [1.29, 1.82) is 0 Å². The van der Waals surface area contributed by atoms with Gasteiger partial charge in [-0.2, -0.15) is 0 Å². The maximum atomic E-state index is 12.5. The highest BCUT2D eigenvalue weighted by Crippen LogP contribution is 2.20. The van der Waals surface area contributed by atoms with Gasteiger partial charge in [0.15, 0.2) is 0 Å². The zero-order chi connectivity index (χ0) is 15.5. The summed E-state index contributed by atoms with van der Waals surface area (Å²) in [6.45, 7) is 8.51. The van der Waals surface area contributed by atoms with Gasteiger partial charge in [0, 0.05) is 43.7 Å². The number of hydrogen-bond donors (Lipinski definition) is 1. The lowest BCUT2D eigenvalue weighted by atomic mass is 9.88. The van der Waals surface area contributed by atoms with E-state index >= 15 is 0 Å². The summed E-state index contributed by atoms with van der Waals surface area (Å²) in [5.74, 6) is 1.01. The molecule has 24 heavy (non-hydrogen) atoms. The second-order valence-electron chi connectivity index (χ2n) is 6.44. The van der Waals surface area contributed by atoms with Gasteiger partial charge in [-0.05, 0) is 36.7 Å². The Morgan fingerprint density at radius 2 is 1.92 bits per heavy atom. The molecule has 2 fully saturated rings. The van der Waals surface area contributed by atoms with Crippen molar-refractivity contribution in [3.8, 4) is 0 Å². The number of nitrogens with one attached hydrogen (secondary N) is 1. The fraction of sp³-hybridized carbons (Fsp3) is 0.588. The second-order valence-corrected chi connectivity index (χ2v) is 6.87. The molecule has 1 aromatic rings. The van der Waals surface area contributed by atoms with Gasteiger partial charge in [-0.1, -0.05) is 30.7 Å². The van der Waals surface area contributed by atoms with Gasteiger partial charge in [-0.3, -0.25) is 9.69 Å². The van der Waals surface area contributed by atoms with E-state index in [-0.39, 0.29) is 30.7 Å². The van der Waals surface area contributed by atoms with E-state index in [9.17, 15) is 4.79 Å². The van der Waals surface area contributed by atoms with Crippen LogP contribution in [0.4, 0.5) is 0 Å². The van der Waals surface area contributed by atoms with E-state index in [0.717, 1.165) is 50.8 Å². The Morgan fingerprint density at radius 3 is 2.46 bits per heavy atom. The van der Waals surface area contributed by atoms with Crippen molar-refractivity contribution in [2.45, 2.75) is 13.5 Å². The van der Waals surface area contributed by atoms with Gasteiger partial charge in [-0.25, -0.2) is 0 Å². The molecule has 136 valence electrons. The van der Waals surface area contributed by atoms with E-state index in [2.05, 4.69) is 23.2 Å².